The Kier molecular flexibility index (Phi) is 3.23. The Morgan fingerprint density at radius 1 is 1.21 bits per heavy atom. The molecule has 1 heterocycles. The largest absolute Gasteiger partial charge is 0.444 e. The number of hydrogen-bond donors (Lipinski definition) is 2. The number of hydrogen-bond acceptors (Lipinski definition) is 3. The lowest BCUT2D eigenvalue weighted by Crippen LogP contribution is -2.24. The van der Waals surface area contributed by atoms with Gasteiger partial charge >= 0.3 is 5.91 Å². The lowest BCUT2D eigenvalue weighted by Gasteiger charge is -1.96. The molecule has 0 fully saturated rings. The summed E-state index contributed by atoms with van der Waals surface area (Å²) in [7, 11) is 0. The zero-order valence-electron chi connectivity index (χ0n) is 9.43. The first-order valence-corrected chi connectivity index (χ1v) is 5.01. The van der Waals surface area contributed by atoms with E-state index in [0.717, 1.165) is 18.4 Å². The lowest BCUT2D eigenvalue weighted by atomic mass is 10.2. The van der Waals surface area contributed by atoms with Crippen LogP contribution in [-0.4, -0.2) is 16.9 Å². The van der Waals surface area contributed by atoms with Gasteiger partial charge in [-0.25, -0.2) is 13.8 Å². The third kappa shape index (κ3) is 2.92. The summed E-state index contributed by atoms with van der Waals surface area (Å²) in [4.78, 5) is 18.4. The molecular weight excluding hydrogens is 258 g/mol. The molecule has 1 aromatic carbocycles. The number of aliphatic imine (C=N–C) groups is 1. The van der Waals surface area contributed by atoms with E-state index >= 15 is 0 Å². The standard InChI is InChI=1S/C11H8F2N4O2/c12-6-1-5(2-7(13)3-6)10-16-8(4-19-10)9(18)17-11(14)15/h1-4H,(H4,14,15,17,18). The third-order valence-corrected chi connectivity index (χ3v) is 2.06. The second-order valence-corrected chi connectivity index (χ2v) is 3.54. The second kappa shape index (κ2) is 4.84. The van der Waals surface area contributed by atoms with E-state index in [4.69, 9.17) is 15.9 Å². The number of oxazole rings is 1. The van der Waals surface area contributed by atoms with Crippen molar-refractivity contribution in [3.63, 3.8) is 0 Å². The smallest absolute Gasteiger partial charge is 0.302 e. The van der Waals surface area contributed by atoms with Crippen LogP contribution in [-0.2, 0) is 0 Å². The first kappa shape index (κ1) is 12.7. The van der Waals surface area contributed by atoms with Gasteiger partial charge in [0, 0.05) is 11.6 Å². The molecule has 1 aromatic heterocycles. The van der Waals surface area contributed by atoms with Crippen molar-refractivity contribution in [2.24, 2.45) is 16.5 Å². The minimum absolute atomic E-state index is 0.0567. The van der Waals surface area contributed by atoms with Crippen LogP contribution in [0.4, 0.5) is 8.78 Å². The number of carbonyl (C=O) groups is 1. The maximum atomic E-state index is 13.0. The van der Waals surface area contributed by atoms with Gasteiger partial charge in [-0.05, 0) is 12.1 Å². The highest BCUT2D eigenvalue weighted by atomic mass is 19.1. The Hall–Kier alpha value is -2.77. The fourth-order valence-electron chi connectivity index (χ4n) is 1.36. The molecule has 2 rings (SSSR count). The molecule has 0 spiro atoms. The number of carbonyl (C=O) groups excluding carboxylic acids is 1. The molecule has 19 heavy (non-hydrogen) atoms. The van der Waals surface area contributed by atoms with Gasteiger partial charge in [0.2, 0.25) is 5.89 Å². The Labute approximate surface area is 105 Å². The van der Waals surface area contributed by atoms with Gasteiger partial charge in [-0.1, -0.05) is 0 Å². The molecule has 0 aliphatic rings. The lowest BCUT2D eigenvalue weighted by molar-refractivity contribution is 0.0998. The van der Waals surface area contributed by atoms with E-state index in [1.807, 2.05) is 0 Å². The van der Waals surface area contributed by atoms with Gasteiger partial charge < -0.3 is 15.9 Å². The van der Waals surface area contributed by atoms with Crippen LogP contribution < -0.4 is 11.5 Å². The molecule has 0 aliphatic carbocycles. The number of nitrogens with two attached hydrogens (primary N) is 2. The van der Waals surface area contributed by atoms with Crippen molar-refractivity contribution in [1.29, 1.82) is 0 Å². The number of guanidine groups is 1. The van der Waals surface area contributed by atoms with Crippen LogP contribution in [0.1, 0.15) is 10.5 Å². The monoisotopic (exact) mass is 266 g/mol. The van der Waals surface area contributed by atoms with Crippen LogP contribution in [0, 0.1) is 11.6 Å². The summed E-state index contributed by atoms with van der Waals surface area (Å²) in [5.74, 6) is -2.93. The molecule has 0 radical (unpaired) electrons. The molecule has 4 N–H and O–H groups in total. The molecule has 6 nitrogen and oxygen atoms in total. The van der Waals surface area contributed by atoms with Crippen LogP contribution in [0.25, 0.3) is 11.5 Å². The van der Waals surface area contributed by atoms with Crippen molar-refractivity contribution in [2.45, 2.75) is 0 Å². The molecule has 0 saturated heterocycles. The van der Waals surface area contributed by atoms with Gasteiger partial charge in [0.25, 0.3) is 0 Å². The van der Waals surface area contributed by atoms with Crippen LogP contribution in [0.15, 0.2) is 33.9 Å². The van der Waals surface area contributed by atoms with E-state index in [2.05, 4.69) is 9.98 Å². The average molecular weight is 266 g/mol. The molecular formula is C11H8F2N4O2. The molecule has 0 aliphatic heterocycles. The Morgan fingerprint density at radius 3 is 2.42 bits per heavy atom. The van der Waals surface area contributed by atoms with Crippen LogP contribution in [0.2, 0.25) is 0 Å². The fraction of sp³-hybridized carbons (Fsp3) is 0. The van der Waals surface area contributed by atoms with Crippen LogP contribution in [0.3, 0.4) is 0 Å². The summed E-state index contributed by atoms with van der Waals surface area (Å²) in [5.41, 5.74) is 9.96. The third-order valence-electron chi connectivity index (χ3n) is 2.06. The number of halogens is 2. The van der Waals surface area contributed by atoms with Gasteiger partial charge in [-0.3, -0.25) is 4.79 Å². The van der Waals surface area contributed by atoms with Gasteiger partial charge in [-0.2, -0.15) is 4.99 Å². The molecule has 0 atom stereocenters. The number of rotatable bonds is 2. The molecule has 1 amide bonds. The van der Waals surface area contributed by atoms with Crippen molar-refractivity contribution in [1.82, 2.24) is 4.98 Å². The van der Waals surface area contributed by atoms with E-state index < -0.39 is 23.5 Å². The maximum Gasteiger partial charge on any atom is 0.302 e. The zero-order valence-corrected chi connectivity index (χ0v) is 9.43. The number of aromatic nitrogens is 1. The first-order valence-electron chi connectivity index (χ1n) is 5.01. The highest BCUT2D eigenvalue weighted by Gasteiger charge is 2.14. The zero-order chi connectivity index (χ0) is 14.0. The van der Waals surface area contributed by atoms with E-state index in [1.54, 1.807) is 0 Å². The summed E-state index contributed by atoms with van der Waals surface area (Å²) < 4.78 is 31.0. The normalized spacial score (nSPS) is 10.2. The summed E-state index contributed by atoms with van der Waals surface area (Å²) in [6.07, 6.45) is 0.993. The van der Waals surface area contributed by atoms with Crippen LogP contribution in [0.5, 0.6) is 0 Å². The molecule has 0 bridgehead atoms. The van der Waals surface area contributed by atoms with Gasteiger partial charge in [0.05, 0.1) is 0 Å². The van der Waals surface area contributed by atoms with E-state index in [0.29, 0.717) is 6.07 Å². The van der Waals surface area contributed by atoms with E-state index in [-0.39, 0.29) is 17.1 Å². The summed E-state index contributed by atoms with van der Waals surface area (Å²) in [6, 6.07) is 2.74. The van der Waals surface area contributed by atoms with E-state index in [9.17, 15) is 13.6 Å². The quantitative estimate of drug-likeness (QED) is 0.623. The van der Waals surface area contributed by atoms with Crippen molar-refractivity contribution in [3.8, 4) is 11.5 Å². The predicted molar refractivity (Wildman–Crippen MR) is 62.0 cm³/mol. The minimum atomic E-state index is -0.813. The van der Waals surface area contributed by atoms with Crippen molar-refractivity contribution in [2.75, 3.05) is 0 Å². The molecule has 0 saturated carbocycles. The SMILES string of the molecule is NC(N)=NC(=O)c1coc(-c2cc(F)cc(F)c2)n1. The molecule has 2 aromatic rings. The second-order valence-electron chi connectivity index (χ2n) is 3.54. The van der Waals surface area contributed by atoms with Crippen LogP contribution >= 0.6 is 0 Å². The summed E-state index contributed by atoms with van der Waals surface area (Å²) >= 11 is 0. The molecule has 0 unspecified atom stereocenters. The number of benzene rings is 1. The topological polar surface area (TPSA) is 108 Å². The highest BCUT2D eigenvalue weighted by molar-refractivity contribution is 6.00. The Bertz CT molecular complexity index is 642. The maximum absolute atomic E-state index is 13.0. The van der Waals surface area contributed by atoms with Gasteiger partial charge in [-0.15, -0.1) is 0 Å². The summed E-state index contributed by atoms with van der Waals surface area (Å²) in [5, 5.41) is 0. The predicted octanol–water partition coefficient (Wildman–Crippen LogP) is 1.03. The van der Waals surface area contributed by atoms with Crippen molar-refractivity contribution >= 4 is 11.9 Å². The van der Waals surface area contributed by atoms with Crippen molar-refractivity contribution < 1.29 is 18.0 Å². The van der Waals surface area contributed by atoms with Gasteiger partial charge in [0.15, 0.2) is 11.7 Å². The number of amides is 1. The fourth-order valence-corrected chi connectivity index (χ4v) is 1.36. The Morgan fingerprint density at radius 2 is 1.84 bits per heavy atom. The molecule has 98 valence electrons. The molecule has 8 heteroatoms. The minimum Gasteiger partial charge on any atom is -0.444 e. The number of nitrogens with zero attached hydrogens (tertiary/aromatic N) is 2. The summed E-state index contributed by atoms with van der Waals surface area (Å²) in [6.45, 7) is 0. The van der Waals surface area contributed by atoms with E-state index in [1.165, 1.54) is 0 Å². The Balaban J connectivity index is 2.35. The average Bonchev–Trinajstić information content (AvgIpc) is 2.75. The van der Waals surface area contributed by atoms with Gasteiger partial charge in [0.1, 0.15) is 17.9 Å². The van der Waals surface area contributed by atoms with Crippen molar-refractivity contribution in [3.05, 3.63) is 41.8 Å². The highest BCUT2D eigenvalue weighted by Crippen LogP contribution is 2.21. The first-order chi connectivity index (χ1) is 8.95.